The molecule has 1 N–H and O–H groups in total. The molecule has 0 atom stereocenters. The molecule has 0 bridgehead atoms. The molecule has 2 rings (SSSR count). The third-order valence-electron chi connectivity index (χ3n) is 2.65. The highest BCUT2D eigenvalue weighted by atomic mass is 32.1. The summed E-state index contributed by atoms with van der Waals surface area (Å²) < 4.78 is 5.23. The van der Waals surface area contributed by atoms with E-state index in [9.17, 15) is 9.59 Å². The number of rotatable bonds is 6. The van der Waals surface area contributed by atoms with E-state index in [1.54, 1.807) is 17.5 Å². The topological polar surface area (TPSA) is 83.6 Å². The zero-order valence-electron chi connectivity index (χ0n) is 11.8. The Bertz CT molecular complexity index is 619. The van der Waals surface area contributed by atoms with Gasteiger partial charge in [-0.1, -0.05) is 13.8 Å². The number of thiazole rings is 1. The summed E-state index contributed by atoms with van der Waals surface area (Å²) in [6.45, 7) is 3.90. The van der Waals surface area contributed by atoms with E-state index in [4.69, 9.17) is 9.52 Å². The third-order valence-corrected chi connectivity index (χ3v) is 3.51. The first-order valence-corrected chi connectivity index (χ1v) is 7.35. The van der Waals surface area contributed by atoms with Gasteiger partial charge in [-0.05, 0) is 18.1 Å². The Hall–Kier alpha value is -2.15. The van der Waals surface area contributed by atoms with Crippen molar-refractivity contribution in [2.75, 3.05) is 13.1 Å². The minimum atomic E-state index is -1.04. The van der Waals surface area contributed by atoms with Crippen LogP contribution in [-0.2, 0) is 4.79 Å². The van der Waals surface area contributed by atoms with Crippen LogP contribution in [0.1, 0.15) is 24.3 Å². The van der Waals surface area contributed by atoms with Crippen LogP contribution in [0.5, 0.6) is 0 Å². The number of aliphatic carboxylic acids is 1. The van der Waals surface area contributed by atoms with Crippen LogP contribution in [0.15, 0.2) is 28.2 Å². The van der Waals surface area contributed by atoms with Gasteiger partial charge in [0.1, 0.15) is 12.2 Å². The Balaban J connectivity index is 2.18. The van der Waals surface area contributed by atoms with Gasteiger partial charge in [0.2, 0.25) is 0 Å². The molecule has 21 heavy (non-hydrogen) atoms. The molecule has 0 aliphatic carbocycles. The zero-order chi connectivity index (χ0) is 15.4. The molecule has 112 valence electrons. The maximum absolute atomic E-state index is 12.4. The van der Waals surface area contributed by atoms with Crippen molar-refractivity contribution in [1.82, 2.24) is 9.88 Å². The lowest BCUT2D eigenvalue weighted by Gasteiger charge is -2.21. The minimum Gasteiger partial charge on any atom is -0.480 e. The van der Waals surface area contributed by atoms with Crippen molar-refractivity contribution in [3.63, 3.8) is 0 Å². The third kappa shape index (κ3) is 3.91. The van der Waals surface area contributed by atoms with E-state index in [-0.39, 0.29) is 24.1 Å². The SMILES string of the molecule is CC(C)CN(CC(=O)O)C(=O)c1csc(-c2ccco2)n1. The average Bonchev–Trinajstić information content (AvgIpc) is 3.06. The van der Waals surface area contributed by atoms with Crippen molar-refractivity contribution in [2.45, 2.75) is 13.8 Å². The lowest BCUT2D eigenvalue weighted by Crippen LogP contribution is -2.38. The maximum atomic E-state index is 12.4. The van der Waals surface area contributed by atoms with Crippen molar-refractivity contribution in [2.24, 2.45) is 5.92 Å². The van der Waals surface area contributed by atoms with E-state index in [1.165, 1.54) is 22.5 Å². The highest BCUT2D eigenvalue weighted by molar-refractivity contribution is 7.13. The Morgan fingerprint density at radius 3 is 2.81 bits per heavy atom. The summed E-state index contributed by atoms with van der Waals surface area (Å²) in [6.07, 6.45) is 1.54. The number of carboxylic acids is 1. The van der Waals surface area contributed by atoms with Crippen LogP contribution in [0.25, 0.3) is 10.8 Å². The number of hydrogen-bond donors (Lipinski definition) is 1. The Morgan fingerprint density at radius 2 is 2.24 bits per heavy atom. The van der Waals surface area contributed by atoms with Gasteiger partial charge in [-0.15, -0.1) is 11.3 Å². The van der Waals surface area contributed by atoms with E-state index in [2.05, 4.69) is 4.98 Å². The normalized spacial score (nSPS) is 10.8. The van der Waals surface area contributed by atoms with E-state index in [0.717, 1.165) is 0 Å². The minimum absolute atomic E-state index is 0.177. The average molecular weight is 308 g/mol. The molecule has 0 aliphatic heterocycles. The van der Waals surface area contributed by atoms with Gasteiger partial charge >= 0.3 is 5.97 Å². The largest absolute Gasteiger partial charge is 0.480 e. The second-order valence-corrected chi connectivity index (χ2v) is 5.85. The number of furan rings is 1. The first-order chi connectivity index (χ1) is 9.97. The number of nitrogens with zero attached hydrogens (tertiary/aromatic N) is 2. The van der Waals surface area contributed by atoms with E-state index >= 15 is 0 Å². The molecule has 0 saturated heterocycles. The van der Waals surface area contributed by atoms with E-state index in [0.29, 0.717) is 17.3 Å². The van der Waals surface area contributed by atoms with Gasteiger partial charge in [0, 0.05) is 11.9 Å². The molecule has 0 spiro atoms. The number of hydrogen-bond acceptors (Lipinski definition) is 5. The number of carboxylic acid groups (broad SMARTS) is 1. The fourth-order valence-corrected chi connectivity index (χ4v) is 2.63. The molecule has 7 heteroatoms. The summed E-state index contributed by atoms with van der Waals surface area (Å²) in [5.74, 6) is -0.644. The molecule has 2 aromatic rings. The lowest BCUT2D eigenvalue weighted by atomic mass is 10.2. The van der Waals surface area contributed by atoms with Gasteiger partial charge < -0.3 is 14.4 Å². The fraction of sp³-hybridized carbons (Fsp3) is 0.357. The lowest BCUT2D eigenvalue weighted by molar-refractivity contribution is -0.137. The maximum Gasteiger partial charge on any atom is 0.323 e. The molecule has 0 fully saturated rings. The summed E-state index contributed by atoms with van der Waals surface area (Å²) in [5, 5.41) is 11.1. The van der Waals surface area contributed by atoms with Gasteiger partial charge in [-0.2, -0.15) is 0 Å². The van der Waals surface area contributed by atoms with Crippen LogP contribution in [-0.4, -0.2) is 40.0 Å². The summed E-state index contributed by atoms with van der Waals surface area (Å²) in [7, 11) is 0. The van der Waals surface area contributed by atoms with E-state index in [1.807, 2.05) is 13.8 Å². The molecule has 2 heterocycles. The number of aromatic nitrogens is 1. The molecule has 0 radical (unpaired) electrons. The van der Waals surface area contributed by atoms with Gasteiger partial charge in [0.15, 0.2) is 10.8 Å². The summed E-state index contributed by atoms with van der Waals surface area (Å²) in [6, 6.07) is 3.50. The van der Waals surface area contributed by atoms with Crippen LogP contribution >= 0.6 is 11.3 Å². The first-order valence-electron chi connectivity index (χ1n) is 6.48. The van der Waals surface area contributed by atoms with Gasteiger partial charge in [-0.3, -0.25) is 9.59 Å². The van der Waals surface area contributed by atoms with Crippen LogP contribution < -0.4 is 0 Å². The van der Waals surface area contributed by atoms with Crippen molar-refractivity contribution in [3.8, 4) is 10.8 Å². The molecule has 1 amide bonds. The van der Waals surface area contributed by atoms with Gasteiger partial charge in [0.05, 0.1) is 6.26 Å². The molecule has 0 aliphatic rings. The fourth-order valence-electron chi connectivity index (χ4n) is 1.87. The molecule has 0 aromatic carbocycles. The molecular weight excluding hydrogens is 292 g/mol. The van der Waals surface area contributed by atoms with Gasteiger partial charge in [-0.25, -0.2) is 4.98 Å². The second kappa shape index (κ2) is 6.53. The highest BCUT2D eigenvalue weighted by Crippen LogP contribution is 2.24. The smallest absolute Gasteiger partial charge is 0.323 e. The monoisotopic (exact) mass is 308 g/mol. The van der Waals surface area contributed by atoms with Crippen molar-refractivity contribution in [1.29, 1.82) is 0 Å². The zero-order valence-corrected chi connectivity index (χ0v) is 12.6. The number of amides is 1. The molecule has 0 unspecified atom stereocenters. The van der Waals surface area contributed by atoms with Crippen molar-refractivity contribution in [3.05, 3.63) is 29.5 Å². The standard InChI is InChI=1S/C14H16N2O4S/c1-9(2)6-16(7-12(17)18)14(19)10-8-21-13(15-10)11-4-3-5-20-11/h3-5,8-9H,6-7H2,1-2H3,(H,17,18). The number of carbonyl (C=O) groups is 2. The number of carbonyl (C=O) groups excluding carboxylic acids is 1. The first kappa shape index (κ1) is 15.2. The van der Waals surface area contributed by atoms with Crippen molar-refractivity contribution < 1.29 is 19.1 Å². The predicted molar refractivity (Wildman–Crippen MR) is 78.2 cm³/mol. The Kier molecular flexibility index (Phi) is 4.74. The highest BCUT2D eigenvalue weighted by Gasteiger charge is 2.22. The van der Waals surface area contributed by atoms with E-state index < -0.39 is 5.97 Å². The summed E-state index contributed by atoms with van der Waals surface area (Å²) >= 11 is 1.29. The van der Waals surface area contributed by atoms with Gasteiger partial charge in [0.25, 0.3) is 5.91 Å². The second-order valence-electron chi connectivity index (χ2n) is 4.99. The summed E-state index contributed by atoms with van der Waals surface area (Å²) in [4.78, 5) is 28.8. The summed E-state index contributed by atoms with van der Waals surface area (Å²) in [5.41, 5.74) is 0.244. The molecular formula is C14H16N2O4S. The predicted octanol–water partition coefficient (Wildman–Crippen LogP) is 2.59. The molecule has 2 aromatic heterocycles. The molecule has 0 saturated carbocycles. The Morgan fingerprint density at radius 1 is 1.48 bits per heavy atom. The van der Waals surface area contributed by atoms with Crippen LogP contribution in [0.2, 0.25) is 0 Å². The Labute approximate surface area is 126 Å². The van der Waals surface area contributed by atoms with Crippen molar-refractivity contribution >= 4 is 23.2 Å². The van der Waals surface area contributed by atoms with Crippen LogP contribution in [0.3, 0.4) is 0 Å². The quantitative estimate of drug-likeness (QED) is 0.886. The molecule has 6 nitrogen and oxygen atoms in total. The van der Waals surface area contributed by atoms with Crippen LogP contribution in [0.4, 0.5) is 0 Å². The van der Waals surface area contributed by atoms with Crippen LogP contribution in [0, 0.1) is 5.92 Å².